The Morgan fingerprint density at radius 1 is 1.35 bits per heavy atom. The molecule has 1 rings (SSSR count). The van der Waals surface area contributed by atoms with E-state index in [0.29, 0.717) is 6.42 Å². The molecule has 0 saturated heterocycles. The maximum atomic E-state index is 11.5. The monoisotopic (exact) mass is 234 g/mol. The van der Waals surface area contributed by atoms with E-state index in [1.807, 2.05) is 38.1 Å². The fraction of sp³-hybridized carbons (Fsp3) is 0.385. The Bertz CT molecular complexity index is 396. The molecule has 1 aromatic rings. The molecular weight excluding hydrogens is 216 g/mol. The zero-order chi connectivity index (χ0) is 12.7. The number of hydrogen-bond donors (Lipinski definition) is 1. The van der Waals surface area contributed by atoms with Crippen LogP contribution in [0.25, 0.3) is 0 Å². The van der Waals surface area contributed by atoms with Crippen LogP contribution in [0.3, 0.4) is 0 Å². The van der Waals surface area contributed by atoms with E-state index >= 15 is 0 Å². The highest BCUT2D eigenvalue weighted by molar-refractivity contribution is 5.84. The minimum Gasteiger partial charge on any atom is -0.497 e. The van der Waals surface area contributed by atoms with Crippen molar-refractivity contribution in [2.75, 3.05) is 7.11 Å². The van der Waals surface area contributed by atoms with Gasteiger partial charge in [0.1, 0.15) is 5.75 Å². The van der Waals surface area contributed by atoms with Crippen LogP contribution in [0.4, 0.5) is 0 Å². The molecule has 0 aromatic heterocycles. The minimum absolute atomic E-state index is 0.108. The number of nitrogens with one attached hydrogen (secondary N) is 1. The third-order valence-corrected chi connectivity index (χ3v) is 2.41. The predicted molar refractivity (Wildman–Crippen MR) is 68.2 cm³/mol. The van der Waals surface area contributed by atoms with Crippen LogP contribution in [0, 0.1) is 0 Å². The summed E-state index contributed by atoms with van der Waals surface area (Å²) in [5, 5.41) is 3.96. The lowest BCUT2D eigenvalue weighted by molar-refractivity contribution is -0.120. The molecule has 4 nitrogen and oxygen atoms in total. The first kappa shape index (κ1) is 13.2. The molecular formula is C13H18N2O2. The number of ether oxygens (including phenoxy) is 1. The summed E-state index contributed by atoms with van der Waals surface area (Å²) < 4.78 is 5.05. The van der Waals surface area contributed by atoms with E-state index in [0.717, 1.165) is 23.4 Å². The molecule has 0 atom stereocenters. The second-order valence-corrected chi connectivity index (χ2v) is 3.76. The van der Waals surface area contributed by atoms with Crippen LogP contribution in [0.2, 0.25) is 0 Å². The number of amides is 1. The Labute approximate surface area is 102 Å². The molecule has 0 spiro atoms. The summed E-state index contributed by atoms with van der Waals surface area (Å²) in [7, 11) is 1.62. The zero-order valence-corrected chi connectivity index (χ0v) is 10.5. The number of benzene rings is 1. The quantitative estimate of drug-likeness (QED) is 0.627. The van der Waals surface area contributed by atoms with Gasteiger partial charge < -0.3 is 4.74 Å². The maximum absolute atomic E-state index is 11.5. The molecule has 1 amide bonds. The third-order valence-electron chi connectivity index (χ3n) is 2.41. The fourth-order valence-corrected chi connectivity index (χ4v) is 1.21. The van der Waals surface area contributed by atoms with Crippen molar-refractivity contribution in [1.29, 1.82) is 0 Å². The second kappa shape index (κ2) is 6.68. The Balaban J connectivity index is 2.50. The van der Waals surface area contributed by atoms with Gasteiger partial charge in [0, 0.05) is 5.71 Å². The Morgan fingerprint density at radius 3 is 2.53 bits per heavy atom. The van der Waals surface area contributed by atoms with Gasteiger partial charge >= 0.3 is 0 Å². The molecule has 92 valence electrons. The highest BCUT2D eigenvalue weighted by Gasteiger charge is 2.02. The van der Waals surface area contributed by atoms with Crippen molar-refractivity contribution in [3.8, 4) is 5.75 Å². The lowest BCUT2D eigenvalue weighted by Crippen LogP contribution is -2.20. The molecule has 0 aliphatic carbocycles. The summed E-state index contributed by atoms with van der Waals surface area (Å²) >= 11 is 0. The highest BCUT2D eigenvalue weighted by Crippen LogP contribution is 2.11. The molecule has 0 unspecified atom stereocenters. The molecule has 1 N–H and O–H groups in total. The molecule has 1 aromatic carbocycles. The number of methoxy groups -OCH3 is 1. The number of nitrogens with zero attached hydrogens (tertiary/aromatic N) is 1. The third kappa shape index (κ3) is 4.68. The lowest BCUT2D eigenvalue weighted by Gasteiger charge is -2.03. The molecule has 0 aliphatic heterocycles. The van der Waals surface area contributed by atoms with Gasteiger partial charge in [0.15, 0.2) is 0 Å². The SMILES string of the molecule is CCC(C)=NNC(=O)Cc1ccc(OC)cc1. The van der Waals surface area contributed by atoms with Crippen molar-refractivity contribution < 1.29 is 9.53 Å². The van der Waals surface area contributed by atoms with Crippen molar-refractivity contribution >= 4 is 11.6 Å². The Kier molecular flexibility index (Phi) is 5.20. The first-order valence-electron chi connectivity index (χ1n) is 5.60. The molecule has 0 bridgehead atoms. The van der Waals surface area contributed by atoms with Crippen molar-refractivity contribution in [2.45, 2.75) is 26.7 Å². The van der Waals surface area contributed by atoms with Gasteiger partial charge in [0.05, 0.1) is 13.5 Å². The van der Waals surface area contributed by atoms with Crippen LogP contribution in [-0.2, 0) is 11.2 Å². The van der Waals surface area contributed by atoms with Crippen LogP contribution in [-0.4, -0.2) is 18.7 Å². The van der Waals surface area contributed by atoms with Gasteiger partial charge in [-0.15, -0.1) is 0 Å². The van der Waals surface area contributed by atoms with Gasteiger partial charge in [-0.05, 0) is 31.0 Å². The molecule has 0 radical (unpaired) electrons. The van der Waals surface area contributed by atoms with Crippen LogP contribution < -0.4 is 10.2 Å². The van der Waals surface area contributed by atoms with Crippen LogP contribution in [0.1, 0.15) is 25.8 Å². The Hall–Kier alpha value is -1.84. The molecule has 4 heteroatoms. The van der Waals surface area contributed by atoms with E-state index in [1.54, 1.807) is 7.11 Å². The highest BCUT2D eigenvalue weighted by atomic mass is 16.5. The molecule has 0 aliphatic rings. The molecule has 0 heterocycles. The molecule has 17 heavy (non-hydrogen) atoms. The molecule has 0 fully saturated rings. The van der Waals surface area contributed by atoms with Crippen LogP contribution in [0.5, 0.6) is 5.75 Å². The average molecular weight is 234 g/mol. The van der Waals surface area contributed by atoms with Crippen molar-refractivity contribution in [3.05, 3.63) is 29.8 Å². The van der Waals surface area contributed by atoms with Crippen LogP contribution >= 0.6 is 0 Å². The minimum atomic E-state index is -0.108. The van der Waals surface area contributed by atoms with Gasteiger partial charge in [-0.25, -0.2) is 5.43 Å². The Morgan fingerprint density at radius 2 is 2.00 bits per heavy atom. The first-order chi connectivity index (χ1) is 8.15. The van der Waals surface area contributed by atoms with Gasteiger partial charge in [-0.2, -0.15) is 5.10 Å². The molecule has 0 saturated carbocycles. The van der Waals surface area contributed by atoms with Crippen molar-refractivity contribution in [1.82, 2.24) is 5.43 Å². The van der Waals surface area contributed by atoms with E-state index in [1.165, 1.54) is 0 Å². The summed E-state index contributed by atoms with van der Waals surface area (Å²) in [5.41, 5.74) is 4.38. The van der Waals surface area contributed by atoms with Crippen molar-refractivity contribution in [3.63, 3.8) is 0 Å². The number of carbonyl (C=O) groups is 1. The fourth-order valence-electron chi connectivity index (χ4n) is 1.21. The lowest BCUT2D eigenvalue weighted by atomic mass is 10.1. The summed E-state index contributed by atoms with van der Waals surface area (Å²) in [4.78, 5) is 11.5. The van der Waals surface area contributed by atoms with Gasteiger partial charge in [-0.3, -0.25) is 4.79 Å². The first-order valence-corrected chi connectivity index (χ1v) is 5.60. The van der Waals surface area contributed by atoms with E-state index in [-0.39, 0.29) is 5.91 Å². The maximum Gasteiger partial charge on any atom is 0.244 e. The van der Waals surface area contributed by atoms with Gasteiger partial charge in [0.25, 0.3) is 0 Å². The number of hydrazone groups is 1. The number of carbonyl (C=O) groups excluding carboxylic acids is 1. The summed E-state index contributed by atoms with van der Waals surface area (Å²) in [6, 6.07) is 7.41. The summed E-state index contributed by atoms with van der Waals surface area (Å²) in [6.07, 6.45) is 1.16. The van der Waals surface area contributed by atoms with Gasteiger partial charge in [-0.1, -0.05) is 19.1 Å². The summed E-state index contributed by atoms with van der Waals surface area (Å²) in [6.45, 7) is 3.88. The zero-order valence-electron chi connectivity index (χ0n) is 10.5. The predicted octanol–water partition coefficient (Wildman–Crippen LogP) is 2.14. The van der Waals surface area contributed by atoms with E-state index in [2.05, 4.69) is 10.5 Å². The van der Waals surface area contributed by atoms with E-state index in [4.69, 9.17) is 4.74 Å². The number of hydrogen-bond acceptors (Lipinski definition) is 3. The largest absolute Gasteiger partial charge is 0.497 e. The van der Waals surface area contributed by atoms with Gasteiger partial charge in [0.2, 0.25) is 5.91 Å². The standard InChI is InChI=1S/C13H18N2O2/c1-4-10(2)14-15-13(16)9-11-5-7-12(17-3)8-6-11/h5-8H,4,9H2,1-3H3,(H,15,16). The van der Waals surface area contributed by atoms with E-state index < -0.39 is 0 Å². The topological polar surface area (TPSA) is 50.7 Å². The second-order valence-electron chi connectivity index (χ2n) is 3.76. The van der Waals surface area contributed by atoms with Crippen molar-refractivity contribution in [2.24, 2.45) is 5.10 Å². The average Bonchev–Trinajstić information content (AvgIpc) is 2.36. The van der Waals surface area contributed by atoms with E-state index in [9.17, 15) is 4.79 Å². The number of rotatable bonds is 5. The smallest absolute Gasteiger partial charge is 0.244 e. The van der Waals surface area contributed by atoms with Crippen LogP contribution in [0.15, 0.2) is 29.4 Å². The normalized spacial score (nSPS) is 11.1. The summed E-state index contributed by atoms with van der Waals surface area (Å²) in [5.74, 6) is 0.678.